The first-order chi connectivity index (χ1) is 15.5. The van der Waals surface area contributed by atoms with Gasteiger partial charge in [-0.15, -0.1) is 11.3 Å². The molecule has 0 radical (unpaired) electrons. The summed E-state index contributed by atoms with van der Waals surface area (Å²) in [7, 11) is 0. The van der Waals surface area contributed by atoms with Crippen molar-refractivity contribution in [3.8, 4) is 11.3 Å². The summed E-state index contributed by atoms with van der Waals surface area (Å²) < 4.78 is 0.940. The van der Waals surface area contributed by atoms with Gasteiger partial charge >= 0.3 is 0 Å². The molecule has 3 aromatic carbocycles. The third-order valence-electron chi connectivity index (χ3n) is 4.86. The molecule has 0 amide bonds. The normalized spacial score (nSPS) is 11.6. The molecule has 5 rings (SSSR count). The van der Waals surface area contributed by atoms with Gasteiger partial charge in [-0.1, -0.05) is 45.7 Å². The van der Waals surface area contributed by atoms with Gasteiger partial charge < -0.3 is 0 Å². The van der Waals surface area contributed by atoms with E-state index in [0.717, 1.165) is 37.5 Å². The lowest BCUT2D eigenvalue weighted by Gasteiger charge is -2.07. The van der Waals surface area contributed by atoms with Crippen molar-refractivity contribution in [2.24, 2.45) is 4.99 Å². The second-order valence-electron chi connectivity index (χ2n) is 6.94. The second kappa shape index (κ2) is 8.38. The van der Waals surface area contributed by atoms with Gasteiger partial charge in [0.25, 0.3) is 5.69 Å². The van der Waals surface area contributed by atoms with Crippen molar-refractivity contribution in [2.45, 2.75) is 0 Å². The van der Waals surface area contributed by atoms with Gasteiger partial charge in [-0.05, 0) is 35.9 Å². The summed E-state index contributed by atoms with van der Waals surface area (Å²) >= 11 is 11.6. The summed E-state index contributed by atoms with van der Waals surface area (Å²) in [4.78, 5) is 24.2. The van der Waals surface area contributed by atoms with Crippen LogP contribution >= 0.6 is 38.9 Å². The van der Waals surface area contributed by atoms with Crippen LogP contribution in [0, 0.1) is 10.1 Å². The van der Waals surface area contributed by atoms with Gasteiger partial charge in [0.15, 0.2) is 0 Å². The third kappa shape index (κ3) is 4.00. The highest BCUT2D eigenvalue weighted by molar-refractivity contribution is 9.10. The van der Waals surface area contributed by atoms with Gasteiger partial charge in [0, 0.05) is 44.5 Å². The van der Waals surface area contributed by atoms with Crippen LogP contribution in [0.4, 0.5) is 10.8 Å². The van der Waals surface area contributed by atoms with Crippen LogP contribution in [-0.4, -0.2) is 21.1 Å². The molecule has 0 saturated carbocycles. The average Bonchev–Trinajstić information content (AvgIpc) is 3.27. The summed E-state index contributed by atoms with van der Waals surface area (Å²) in [6, 6.07) is 18.0. The van der Waals surface area contributed by atoms with E-state index >= 15 is 0 Å². The predicted molar refractivity (Wildman–Crippen MR) is 133 cm³/mol. The number of aromatic nitrogens is 2. The van der Waals surface area contributed by atoms with Gasteiger partial charge in [0.1, 0.15) is 0 Å². The fourth-order valence-electron chi connectivity index (χ4n) is 3.33. The number of aliphatic imine (C=N–C) groups is 1. The summed E-state index contributed by atoms with van der Waals surface area (Å²) in [6.07, 6.45) is 1.57. The van der Waals surface area contributed by atoms with Crippen LogP contribution in [0.15, 0.2) is 75.5 Å². The van der Waals surface area contributed by atoms with Crippen molar-refractivity contribution < 1.29 is 4.92 Å². The molecule has 32 heavy (non-hydrogen) atoms. The zero-order chi connectivity index (χ0) is 22.2. The number of hydrogen-bond donors (Lipinski definition) is 0. The van der Waals surface area contributed by atoms with E-state index in [9.17, 15) is 10.1 Å². The summed E-state index contributed by atoms with van der Waals surface area (Å²) in [6.45, 7) is 0. The first-order valence-electron chi connectivity index (χ1n) is 9.41. The summed E-state index contributed by atoms with van der Waals surface area (Å²) in [5.74, 6) is 0. The van der Waals surface area contributed by atoms with Crippen LogP contribution in [0.2, 0.25) is 5.02 Å². The van der Waals surface area contributed by atoms with E-state index in [2.05, 4.69) is 25.9 Å². The zero-order valence-electron chi connectivity index (χ0n) is 16.2. The number of rotatable bonds is 4. The number of pyridine rings is 1. The van der Waals surface area contributed by atoms with Crippen LogP contribution in [0.5, 0.6) is 0 Å². The molecule has 0 spiro atoms. The molecular formula is C23H12BrClN4O2S. The fourth-order valence-corrected chi connectivity index (χ4v) is 4.66. The van der Waals surface area contributed by atoms with Crippen molar-refractivity contribution in [3.05, 3.63) is 91.2 Å². The number of nitro groups is 1. The summed E-state index contributed by atoms with van der Waals surface area (Å²) in [5, 5.41) is 15.8. The second-order valence-corrected chi connectivity index (χ2v) is 9.07. The fraction of sp³-hybridized carbons (Fsp3) is 0. The molecule has 6 nitrogen and oxygen atoms in total. The molecule has 0 aliphatic rings. The number of halogens is 2. The molecule has 9 heteroatoms. The molecule has 2 heterocycles. The summed E-state index contributed by atoms with van der Waals surface area (Å²) in [5.41, 5.74) is 3.99. The third-order valence-corrected chi connectivity index (χ3v) is 6.51. The van der Waals surface area contributed by atoms with Gasteiger partial charge in [0.2, 0.25) is 5.13 Å². The minimum atomic E-state index is -0.430. The Morgan fingerprint density at radius 3 is 2.62 bits per heavy atom. The highest BCUT2D eigenvalue weighted by Crippen LogP contribution is 2.35. The Bertz CT molecular complexity index is 1550. The number of hydrogen-bond acceptors (Lipinski definition) is 6. The molecule has 0 N–H and O–H groups in total. The van der Waals surface area contributed by atoms with Gasteiger partial charge in [-0.2, -0.15) is 0 Å². The lowest BCUT2D eigenvalue weighted by atomic mass is 10.1. The van der Waals surface area contributed by atoms with E-state index in [4.69, 9.17) is 16.6 Å². The van der Waals surface area contributed by atoms with Crippen molar-refractivity contribution in [2.75, 3.05) is 0 Å². The Morgan fingerprint density at radius 1 is 1.03 bits per heavy atom. The maximum atomic E-state index is 10.9. The molecule has 0 atom stereocenters. The Hall–Kier alpha value is -3.20. The molecule has 156 valence electrons. The van der Waals surface area contributed by atoms with Crippen LogP contribution in [-0.2, 0) is 0 Å². The van der Waals surface area contributed by atoms with E-state index in [1.807, 2.05) is 41.8 Å². The number of nitro benzene ring substituents is 1. The average molecular weight is 524 g/mol. The lowest BCUT2D eigenvalue weighted by molar-refractivity contribution is -0.384. The molecule has 0 fully saturated rings. The maximum absolute atomic E-state index is 10.9. The minimum absolute atomic E-state index is 0.0231. The zero-order valence-corrected chi connectivity index (χ0v) is 19.4. The van der Waals surface area contributed by atoms with Gasteiger partial charge in [-0.3, -0.25) is 10.1 Å². The maximum Gasteiger partial charge on any atom is 0.270 e. The number of fused-ring (bicyclic) bond motifs is 2. The molecule has 0 aliphatic carbocycles. The van der Waals surface area contributed by atoms with E-state index in [1.165, 1.54) is 23.5 Å². The first-order valence-corrected chi connectivity index (χ1v) is 11.5. The number of non-ortho nitro benzene ring substituents is 1. The molecule has 0 saturated heterocycles. The molecule has 0 bridgehead atoms. The van der Waals surface area contributed by atoms with E-state index in [0.29, 0.717) is 15.7 Å². The van der Waals surface area contributed by atoms with Crippen LogP contribution in [0.3, 0.4) is 0 Å². The van der Waals surface area contributed by atoms with Crippen molar-refractivity contribution in [1.82, 2.24) is 9.97 Å². The van der Waals surface area contributed by atoms with E-state index < -0.39 is 4.92 Å². The Kier molecular flexibility index (Phi) is 5.42. The standard InChI is InChI=1S/C23H12BrClN4O2S/c24-15-5-7-20-18(10-15)22(25)17-9-14(4-6-19(17)27-20)21-12-32-23(28-21)26-11-13-2-1-3-16(8-13)29(30)31/h1-12H/b26-11+. The smallest absolute Gasteiger partial charge is 0.258 e. The van der Waals surface area contributed by atoms with Crippen molar-refractivity contribution in [1.29, 1.82) is 0 Å². The number of nitrogens with zero attached hydrogens (tertiary/aromatic N) is 4. The molecule has 5 aromatic rings. The predicted octanol–water partition coefficient (Wildman–Crippen LogP) is 7.59. The molecule has 0 unspecified atom stereocenters. The topological polar surface area (TPSA) is 81.3 Å². The number of thiazole rings is 1. The van der Waals surface area contributed by atoms with Gasteiger partial charge in [0.05, 0.1) is 26.7 Å². The molecular weight excluding hydrogens is 512 g/mol. The van der Waals surface area contributed by atoms with Gasteiger partial charge in [-0.25, -0.2) is 15.0 Å². The highest BCUT2D eigenvalue weighted by Gasteiger charge is 2.11. The van der Waals surface area contributed by atoms with Crippen molar-refractivity contribution in [3.63, 3.8) is 0 Å². The SMILES string of the molecule is O=[N+]([O-])c1cccc(/C=N/c2nc(-c3ccc4nc5ccc(Br)cc5c(Cl)c4c3)cs2)c1. The monoisotopic (exact) mass is 522 g/mol. The van der Waals surface area contributed by atoms with E-state index in [1.54, 1.807) is 18.3 Å². The minimum Gasteiger partial charge on any atom is -0.258 e. The first kappa shape index (κ1) is 20.7. The number of benzene rings is 3. The lowest BCUT2D eigenvalue weighted by Crippen LogP contribution is -1.89. The van der Waals surface area contributed by atoms with Crippen LogP contribution in [0.1, 0.15) is 5.56 Å². The largest absolute Gasteiger partial charge is 0.270 e. The Balaban J connectivity index is 1.48. The molecule has 2 aromatic heterocycles. The Morgan fingerprint density at radius 2 is 1.81 bits per heavy atom. The highest BCUT2D eigenvalue weighted by atomic mass is 79.9. The molecule has 0 aliphatic heterocycles. The quantitative estimate of drug-likeness (QED) is 0.105. The van der Waals surface area contributed by atoms with Crippen molar-refractivity contribution >= 4 is 77.7 Å². The van der Waals surface area contributed by atoms with Crippen LogP contribution < -0.4 is 0 Å². The van der Waals surface area contributed by atoms with Crippen LogP contribution in [0.25, 0.3) is 33.1 Å². The Labute approximate surface area is 199 Å². The van der Waals surface area contributed by atoms with E-state index in [-0.39, 0.29) is 5.69 Å².